The van der Waals surface area contributed by atoms with E-state index in [0.29, 0.717) is 0 Å². The smallest absolute Gasteiger partial charge is 0.344 e. The lowest BCUT2D eigenvalue weighted by atomic mass is 10.0. The van der Waals surface area contributed by atoms with Gasteiger partial charge in [0.15, 0.2) is 0 Å². The molecule has 106 valence electrons. The Morgan fingerprint density at radius 2 is 1.38 bits per heavy atom. The molecule has 1 heterocycles. The van der Waals surface area contributed by atoms with Gasteiger partial charge in [-0.1, -0.05) is 0 Å². The zero-order valence-electron chi connectivity index (χ0n) is 10.6. The molecule has 0 fully saturated rings. The zero-order chi connectivity index (χ0) is 15.1. The highest BCUT2D eigenvalue weighted by Gasteiger charge is 2.13. The van der Waals surface area contributed by atoms with Gasteiger partial charge in [0.2, 0.25) is 0 Å². The van der Waals surface area contributed by atoms with Gasteiger partial charge >= 0.3 is 5.63 Å². The molecule has 6 nitrogen and oxygen atoms in total. The third-order valence-corrected chi connectivity index (χ3v) is 3.03. The van der Waals surface area contributed by atoms with Crippen molar-refractivity contribution in [2.45, 2.75) is 0 Å². The van der Waals surface area contributed by atoms with Gasteiger partial charge in [0.1, 0.15) is 28.6 Å². The maximum Gasteiger partial charge on any atom is 0.344 e. The molecule has 0 spiro atoms. The van der Waals surface area contributed by atoms with Crippen LogP contribution in [0.2, 0.25) is 0 Å². The molecule has 2 aromatic carbocycles. The number of hydrogen-bond donors (Lipinski definition) is 4. The Labute approximate surface area is 117 Å². The van der Waals surface area contributed by atoms with Crippen molar-refractivity contribution < 1.29 is 24.8 Å². The second-order valence-corrected chi connectivity index (χ2v) is 4.56. The minimum Gasteiger partial charge on any atom is -0.508 e. The molecule has 1 aromatic heterocycles. The first-order chi connectivity index (χ1) is 9.94. The molecule has 0 bridgehead atoms. The molecule has 0 amide bonds. The molecule has 0 aliphatic rings. The summed E-state index contributed by atoms with van der Waals surface area (Å²) in [6.45, 7) is 0. The monoisotopic (exact) mass is 286 g/mol. The summed E-state index contributed by atoms with van der Waals surface area (Å²) < 4.78 is 5.05. The summed E-state index contributed by atoms with van der Waals surface area (Å²) in [5.74, 6) is -0.899. The van der Waals surface area contributed by atoms with Crippen LogP contribution in [0.3, 0.4) is 0 Å². The van der Waals surface area contributed by atoms with Crippen molar-refractivity contribution in [1.29, 1.82) is 0 Å². The van der Waals surface area contributed by atoms with Gasteiger partial charge in [-0.2, -0.15) is 0 Å². The van der Waals surface area contributed by atoms with Crippen molar-refractivity contribution in [2.75, 3.05) is 0 Å². The SMILES string of the molecule is O=c1oc2cc(O)cc(O)c2cc1-c1cc(O)cc(O)c1. The van der Waals surface area contributed by atoms with E-state index in [1.54, 1.807) is 0 Å². The Bertz CT molecular complexity index is 890. The number of benzene rings is 2. The van der Waals surface area contributed by atoms with E-state index in [4.69, 9.17) is 4.42 Å². The summed E-state index contributed by atoms with van der Waals surface area (Å²) in [5.41, 5.74) is -0.381. The number of fused-ring (bicyclic) bond motifs is 1. The topological polar surface area (TPSA) is 111 Å². The van der Waals surface area contributed by atoms with Crippen molar-refractivity contribution in [1.82, 2.24) is 0 Å². The molecular formula is C15H10O6. The summed E-state index contributed by atoms with van der Waals surface area (Å²) >= 11 is 0. The average Bonchev–Trinajstić information content (AvgIpc) is 2.36. The van der Waals surface area contributed by atoms with E-state index in [0.717, 1.165) is 12.1 Å². The van der Waals surface area contributed by atoms with Crippen molar-refractivity contribution >= 4 is 11.0 Å². The standard InChI is InChI=1S/C15H10O6/c16-8-1-7(2-9(17)3-8)11-6-12-13(19)4-10(18)5-14(12)21-15(11)20/h1-6,16-19H. The number of aromatic hydroxyl groups is 4. The maximum atomic E-state index is 12.0. The Morgan fingerprint density at radius 3 is 2.05 bits per heavy atom. The van der Waals surface area contributed by atoms with Gasteiger partial charge in [0.25, 0.3) is 0 Å². The first kappa shape index (κ1) is 12.9. The van der Waals surface area contributed by atoms with E-state index in [2.05, 4.69) is 0 Å². The van der Waals surface area contributed by atoms with Crippen LogP contribution in [-0.2, 0) is 0 Å². The molecule has 3 rings (SSSR count). The summed E-state index contributed by atoms with van der Waals surface area (Å²) in [4.78, 5) is 12.0. The Morgan fingerprint density at radius 1 is 0.762 bits per heavy atom. The predicted octanol–water partition coefficient (Wildman–Crippen LogP) is 2.28. The van der Waals surface area contributed by atoms with Crippen LogP contribution in [0.4, 0.5) is 0 Å². The number of phenols is 4. The van der Waals surface area contributed by atoms with Crippen LogP contribution < -0.4 is 5.63 Å². The molecular weight excluding hydrogens is 276 g/mol. The highest BCUT2D eigenvalue weighted by atomic mass is 16.4. The molecule has 0 saturated heterocycles. The van der Waals surface area contributed by atoms with Gasteiger partial charge in [-0.05, 0) is 23.8 Å². The molecule has 0 radical (unpaired) electrons. The van der Waals surface area contributed by atoms with E-state index >= 15 is 0 Å². The minimum absolute atomic E-state index is 0.0330. The molecule has 0 saturated carbocycles. The molecule has 21 heavy (non-hydrogen) atoms. The summed E-state index contributed by atoms with van der Waals surface area (Å²) in [5, 5.41) is 38.4. The fraction of sp³-hybridized carbons (Fsp3) is 0. The van der Waals surface area contributed by atoms with Gasteiger partial charge in [-0.15, -0.1) is 0 Å². The zero-order valence-corrected chi connectivity index (χ0v) is 10.6. The van der Waals surface area contributed by atoms with Crippen LogP contribution in [0.15, 0.2) is 45.6 Å². The third kappa shape index (κ3) is 2.23. The highest BCUT2D eigenvalue weighted by Crippen LogP contribution is 2.33. The third-order valence-electron chi connectivity index (χ3n) is 3.03. The highest BCUT2D eigenvalue weighted by molar-refractivity contribution is 5.88. The van der Waals surface area contributed by atoms with Crippen LogP contribution in [0, 0.1) is 0 Å². The van der Waals surface area contributed by atoms with Crippen LogP contribution >= 0.6 is 0 Å². The van der Waals surface area contributed by atoms with E-state index < -0.39 is 5.63 Å². The van der Waals surface area contributed by atoms with Gasteiger partial charge in [0, 0.05) is 18.2 Å². The van der Waals surface area contributed by atoms with Crippen molar-refractivity contribution in [3.05, 3.63) is 46.8 Å². The maximum absolute atomic E-state index is 12.0. The lowest BCUT2D eigenvalue weighted by molar-refractivity contribution is 0.450. The van der Waals surface area contributed by atoms with Gasteiger partial charge in [-0.25, -0.2) is 4.79 Å². The van der Waals surface area contributed by atoms with E-state index in [9.17, 15) is 25.2 Å². The quantitative estimate of drug-likeness (QED) is 0.511. The second kappa shape index (κ2) is 4.45. The van der Waals surface area contributed by atoms with Crippen molar-refractivity contribution in [2.24, 2.45) is 0 Å². The van der Waals surface area contributed by atoms with Gasteiger partial charge in [-0.3, -0.25) is 0 Å². The lowest BCUT2D eigenvalue weighted by Crippen LogP contribution is -2.02. The molecule has 4 N–H and O–H groups in total. The second-order valence-electron chi connectivity index (χ2n) is 4.56. The van der Waals surface area contributed by atoms with Crippen LogP contribution in [0.1, 0.15) is 0 Å². The van der Waals surface area contributed by atoms with Gasteiger partial charge < -0.3 is 24.8 Å². The fourth-order valence-electron chi connectivity index (χ4n) is 2.14. The first-order valence-corrected chi connectivity index (χ1v) is 5.97. The van der Waals surface area contributed by atoms with E-state index in [1.165, 1.54) is 24.3 Å². The number of phenolic OH excluding ortho intramolecular Hbond substituents is 4. The molecule has 0 unspecified atom stereocenters. The first-order valence-electron chi connectivity index (χ1n) is 5.97. The molecule has 3 aromatic rings. The van der Waals surface area contributed by atoms with E-state index in [-0.39, 0.29) is 45.1 Å². The largest absolute Gasteiger partial charge is 0.508 e. The van der Waals surface area contributed by atoms with Crippen molar-refractivity contribution in [3.8, 4) is 34.1 Å². The Kier molecular flexibility index (Phi) is 2.72. The Balaban J connectivity index is 2.33. The van der Waals surface area contributed by atoms with Crippen LogP contribution in [-0.4, -0.2) is 20.4 Å². The Hall–Kier alpha value is -3.15. The van der Waals surface area contributed by atoms with Crippen LogP contribution in [0.5, 0.6) is 23.0 Å². The normalized spacial score (nSPS) is 10.9. The number of hydrogen-bond acceptors (Lipinski definition) is 6. The van der Waals surface area contributed by atoms with Gasteiger partial charge in [0.05, 0.1) is 10.9 Å². The lowest BCUT2D eigenvalue weighted by Gasteiger charge is -2.06. The predicted molar refractivity (Wildman–Crippen MR) is 74.6 cm³/mol. The van der Waals surface area contributed by atoms with E-state index in [1.807, 2.05) is 0 Å². The summed E-state index contributed by atoms with van der Waals surface area (Å²) in [6, 6.07) is 7.39. The molecule has 0 aliphatic carbocycles. The molecule has 6 heteroatoms. The number of rotatable bonds is 1. The fourth-order valence-corrected chi connectivity index (χ4v) is 2.14. The summed E-state index contributed by atoms with van der Waals surface area (Å²) in [7, 11) is 0. The molecule has 0 atom stereocenters. The minimum atomic E-state index is -0.725. The van der Waals surface area contributed by atoms with Crippen molar-refractivity contribution in [3.63, 3.8) is 0 Å². The summed E-state index contributed by atoms with van der Waals surface area (Å²) in [6.07, 6.45) is 0. The van der Waals surface area contributed by atoms with Crippen LogP contribution in [0.25, 0.3) is 22.1 Å². The molecule has 0 aliphatic heterocycles. The average molecular weight is 286 g/mol.